The first kappa shape index (κ1) is 16.1. The summed E-state index contributed by atoms with van der Waals surface area (Å²) in [6, 6.07) is 3.13. The predicted molar refractivity (Wildman–Crippen MR) is 95.5 cm³/mol. The van der Waals surface area contributed by atoms with E-state index in [2.05, 4.69) is 19.7 Å². The molecule has 0 amide bonds. The first-order chi connectivity index (χ1) is 11.7. The van der Waals surface area contributed by atoms with Crippen molar-refractivity contribution in [3.63, 3.8) is 0 Å². The van der Waals surface area contributed by atoms with Gasteiger partial charge in [-0.2, -0.15) is 0 Å². The molecule has 4 rings (SSSR count). The number of nitrogens with zero attached hydrogens (tertiary/aromatic N) is 5. The van der Waals surface area contributed by atoms with E-state index in [0.717, 1.165) is 24.9 Å². The van der Waals surface area contributed by atoms with E-state index in [1.165, 1.54) is 62.9 Å². The van der Waals surface area contributed by atoms with Crippen LogP contribution in [-0.4, -0.2) is 70.7 Å². The Morgan fingerprint density at radius 1 is 0.958 bits per heavy atom. The van der Waals surface area contributed by atoms with Gasteiger partial charge in [-0.05, 0) is 12.8 Å². The zero-order chi connectivity index (χ0) is 16.5. The third-order valence-electron chi connectivity index (χ3n) is 6.11. The van der Waals surface area contributed by atoms with Gasteiger partial charge in [-0.1, -0.05) is 19.3 Å². The van der Waals surface area contributed by atoms with Gasteiger partial charge in [0.2, 0.25) is 0 Å². The summed E-state index contributed by atoms with van der Waals surface area (Å²) in [7, 11) is 1.74. The number of piperazine rings is 1. The lowest BCUT2D eigenvalue weighted by Crippen LogP contribution is -2.64. The van der Waals surface area contributed by atoms with Gasteiger partial charge in [0.15, 0.2) is 0 Å². The highest BCUT2D eigenvalue weighted by Crippen LogP contribution is 2.26. The second-order valence-corrected chi connectivity index (χ2v) is 7.62. The predicted octanol–water partition coefficient (Wildman–Crippen LogP) is 0.919. The van der Waals surface area contributed by atoms with E-state index in [4.69, 9.17) is 0 Å². The molecule has 3 fully saturated rings. The van der Waals surface area contributed by atoms with Crippen LogP contribution in [0.4, 0.5) is 5.82 Å². The van der Waals surface area contributed by atoms with E-state index >= 15 is 0 Å². The van der Waals surface area contributed by atoms with Crippen LogP contribution in [0, 0.1) is 0 Å². The molecule has 3 aliphatic rings. The van der Waals surface area contributed by atoms with Crippen molar-refractivity contribution in [3.8, 4) is 0 Å². The van der Waals surface area contributed by atoms with E-state index in [-0.39, 0.29) is 5.56 Å². The fraction of sp³-hybridized carbons (Fsp3) is 0.778. The van der Waals surface area contributed by atoms with Crippen LogP contribution in [0.2, 0.25) is 0 Å². The van der Waals surface area contributed by atoms with E-state index in [9.17, 15) is 4.79 Å². The zero-order valence-corrected chi connectivity index (χ0v) is 14.7. The molecular formula is C18H29N5O. The SMILES string of the molecule is Cn1cnc(N2CC(N3CCN(C4CCCCC4)CC3)C2)cc1=O. The Hall–Kier alpha value is -1.40. The first-order valence-electron chi connectivity index (χ1n) is 9.46. The second kappa shape index (κ2) is 6.84. The van der Waals surface area contributed by atoms with Crippen molar-refractivity contribution < 1.29 is 0 Å². The normalized spacial score (nSPS) is 25.0. The fourth-order valence-corrected chi connectivity index (χ4v) is 4.41. The molecule has 132 valence electrons. The Morgan fingerprint density at radius 2 is 1.58 bits per heavy atom. The third-order valence-corrected chi connectivity index (χ3v) is 6.11. The molecule has 0 spiro atoms. The van der Waals surface area contributed by atoms with Crippen molar-refractivity contribution in [1.82, 2.24) is 19.4 Å². The van der Waals surface area contributed by atoms with Crippen molar-refractivity contribution in [2.24, 2.45) is 7.05 Å². The Balaban J connectivity index is 1.26. The summed E-state index contributed by atoms with van der Waals surface area (Å²) in [4.78, 5) is 23.7. The highest BCUT2D eigenvalue weighted by Gasteiger charge is 2.35. The van der Waals surface area contributed by atoms with Crippen molar-refractivity contribution >= 4 is 5.82 Å². The number of hydrogen-bond acceptors (Lipinski definition) is 5. The monoisotopic (exact) mass is 331 g/mol. The van der Waals surface area contributed by atoms with Crippen LogP contribution < -0.4 is 10.5 Å². The van der Waals surface area contributed by atoms with Gasteiger partial charge < -0.3 is 9.47 Å². The highest BCUT2D eigenvalue weighted by atomic mass is 16.1. The summed E-state index contributed by atoms with van der Waals surface area (Å²) in [5, 5.41) is 0. The first-order valence-corrected chi connectivity index (χ1v) is 9.46. The van der Waals surface area contributed by atoms with Crippen LogP contribution in [0.3, 0.4) is 0 Å². The highest BCUT2D eigenvalue weighted by molar-refractivity contribution is 5.41. The Bertz CT molecular complexity index is 610. The fourth-order valence-electron chi connectivity index (χ4n) is 4.41. The van der Waals surface area contributed by atoms with Gasteiger partial charge in [0.05, 0.1) is 6.33 Å². The maximum Gasteiger partial charge on any atom is 0.255 e. The number of rotatable bonds is 3. The molecule has 1 aromatic rings. The molecule has 0 aromatic carbocycles. The summed E-state index contributed by atoms with van der Waals surface area (Å²) >= 11 is 0. The molecule has 0 atom stereocenters. The summed E-state index contributed by atoms with van der Waals surface area (Å²) < 4.78 is 1.52. The molecule has 6 heteroatoms. The van der Waals surface area contributed by atoms with Gasteiger partial charge in [0.25, 0.3) is 5.56 Å². The zero-order valence-electron chi connectivity index (χ0n) is 14.7. The summed E-state index contributed by atoms with van der Waals surface area (Å²) in [5.74, 6) is 0.829. The Kier molecular flexibility index (Phi) is 4.59. The minimum Gasteiger partial charge on any atom is -0.353 e. The minimum absolute atomic E-state index is 0.0181. The number of hydrogen-bond donors (Lipinski definition) is 0. The molecule has 2 saturated heterocycles. The smallest absolute Gasteiger partial charge is 0.255 e. The average Bonchev–Trinajstić information content (AvgIpc) is 2.58. The number of anilines is 1. The van der Waals surface area contributed by atoms with Gasteiger partial charge in [-0.3, -0.25) is 14.6 Å². The standard InChI is InChI=1S/C18H29N5O/c1-20-14-19-17(11-18(20)24)23-12-16(13-23)22-9-7-21(8-10-22)15-5-3-2-4-6-15/h11,14-16H,2-10,12-13H2,1H3. The second-order valence-electron chi connectivity index (χ2n) is 7.62. The van der Waals surface area contributed by atoms with Crippen molar-refractivity contribution in [3.05, 3.63) is 22.7 Å². The van der Waals surface area contributed by atoms with Crippen LogP contribution >= 0.6 is 0 Å². The van der Waals surface area contributed by atoms with Crippen LogP contribution in [0.15, 0.2) is 17.2 Å². The largest absolute Gasteiger partial charge is 0.353 e. The van der Waals surface area contributed by atoms with Gasteiger partial charge in [0, 0.05) is 64.5 Å². The Labute approximate surface area is 144 Å². The molecule has 1 aliphatic carbocycles. The average molecular weight is 331 g/mol. The van der Waals surface area contributed by atoms with E-state index in [1.807, 2.05) is 0 Å². The van der Waals surface area contributed by atoms with Gasteiger partial charge in [-0.15, -0.1) is 0 Å². The van der Waals surface area contributed by atoms with E-state index in [0.29, 0.717) is 6.04 Å². The molecule has 6 nitrogen and oxygen atoms in total. The molecule has 1 aromatic heterocycles. The minimum atomic E-state index is 0.0181. The molecule has 0 unspecified atom stereocenters. The molecule has 1 saturated carbocycles. The summed E-state index contributed by atoms with van der Waals surface area (Å²) in [6.07, 6.45) is 8.72. The number of aryl methyl sites for hydroxylation is 1. The van der Waals surface area contributed by atoms with Gasteiger partial charge in [0.1, 0.15) is 5.82 Å². The van der Waals surface area contributed by atoms with Crippen LogP contribution in [0.5, 0.6) is 0 Å². The topological polar surface area (TPSA) is 44.6 Å². The van der Waals surface area contributed by atoms with Crippen molar-refractivity contribution in [1.29, 1.82) is 0 Å². The van der Waals surface area contributed by atoms with Gasteiger partial charge in [-0.25, -0.2) is 4.98 Å². The molecule has 3 heterocycles. The quantitative estimate of drug-likeness (QED) is 0.824. The van der Waals surface area contributed by atoms with Gasteiger partial charge >= 0.3 is 0 Å². The molecule has 24 heavy (non-hydrogen) atoms. The Morgan fingerprint density at radius 3 is 2.21 bits per heavy atom. The third kappa shape index (κ3) is 3.22. The number of aromatic nitrogens is 2. The lowest BCUT2D eigenvalue weighted by Gasteiger charge is -2.49. The molecule has 0 radical (unpaired) electrons. The maximum absolute atomic E-state index is 11.7. The van der Waals surface area contributed by atoms with Crippen LogP contribution in [-0.2, 0) is 7.05 Å². The van der Waals surface area contributed by atoms with E-state index in [1.54, 1.807) is 19.4 Å². The maximum atomic E-state index is 11.7. The summed E-state index contributed by atoms with van der Waals surface area (Å²) in [6.45, 7) is 6.85. The molecule has 0 N–H and O–H groups in total. The van der Waals surface area contributed by atoms with E-state index < -0.39 is 0 Å². The van der Waals surface area contributed by atoms with Crippen LogP contribution in [0.25, 0.3) is 0 Å². The lowest BCUT2D eigenvalue weighted by molar-refractivity contribution is 0.0487. The van der Waals surface area contributed by atoms with Crippen molar-refractivity contribution in [2.75, 3.05) is 44.2 Å². The summed E-state index contributed by atoms with van der Waals surface area (Å²) in [5.41, 5.74) is 0.0181. The van der Waals surface area contributed by atoms with Crippen LogP contribution in [0.1, 0.15) is 32.1 Å². The molecule has 0 bridgehead atoms. The molecular weight excluding hydrogens is 302 g/mol. The molecule has 2 aliphatic heterocycles. The lowest BCUT2D eigenvalue weighted by atomic mass is 9.93. The van der Waals surface area contributed by atoms with Crippen molar-refractivity contribution in [2.45, 2.75) is 44.2 Å².